The minimum atomic E-state index is -0.0742. The molecule has 2 N–H and O–H groups in total. The highest BCUT2D eigenvalue weighted by Gasteiger charge is 2.31. The van der Waals surface area contributed by atoms with Crippen LogP contribution in [0.25, 0.3) is 28.1 Å². The molecule has 8 nitrogen and oxygen atoms in total. The van der Waals surface area contributed by atoms with Crippen LogP contribution >= 0.6 is 0 Å². The summed E-state index contributed by atoms with van der Waals surface area (Å²) in [7, 11) is 5.05. The van der Waals surface area contributed by atoms with Crippen molar-refractivity contribution >= 4 is 16.9 Å². The quantitative estimate of drug-likeness (QED) is 0.494. The van der Waals surface area contributed by atoms with Crippen LogP contribution < -0.4 is 20.3 Å². The van der Waals surface area contributed by atoms with Gasteiger partial charge in [0.2, 0.25) is 0 Å². The molecule has 8 heteroatoms. The number of nitrogens with zero attached hydrogens (tertiary/aromatic N) is 3. The minimum Gasteiger partial charge on any atom is -0.497 e. The van der Waals surface area contributed by atoms with Crippen molar-refractivity contribution in [1.29, 1.82) is 0 Å². The van der Waals surface area contributed by atoms with Crippen molar-refractivity contribution in [3.63, 3.8) is 0 Å². The summed E-state index contributed by atoms with van der Waals surface area (Å²) in [5.74, 6) is 2.54. The first-order chi connectivity index (χ1) is 15.1. The van der Waals surface area contributed by atoms with Gasteiger partial charge in [0.1, 0.15) is 28.7 Å². The van der Waals surface area contributed by atoms with Crippen LogP contribution in [-0.2, 0) is 0 Å². The number of imidazole rings is 1. The molecular formula is C23H25N5O3. The predicted octanol–water partition coefficient (Wildman–Crippen LogP) is 3.97. The Balaban J connectivity index is 1.80. The summed E-state index contributed by atoms with van der Waals surface area (Å²) in [6.45, 7) is 0. The summed E-state index contributed by atoms with van der Waals surface area (Å²) in [4.78, 5) is 21.8. The highest BCUT2D eigenvalue weighted by molar-refractivity contribution is 5.82. The summed E-state index contributed by atoms with van der Waals surface area (Å²) in [5.41, 5.74) is 2.95. The van der Waals surface area contributed by atoms with Crippen molar-refractivity contribution in [3.8, 4) is 28.6 Å². The van der Waals surface area contributed by atoms with E-state index >= 15 is 0 Å². The lowest BCUT2D eigenvalue weighted by Gasteiger charge is -2.29. The first-order valence-corrected chi connectivity index (χ1v) is 10.4. The third-order valence-corrected chi connectivity index (χ3v) is 5.95. The lowest BCUT2D eigenvalue weighted by Crippen LogP contribution is -2.31. The van der Waals surface area contributed by atoms with Crippen molar-refractivity contribution in [3.05, 3.63) is 52.8 Å². The Morgan fingerprint density at radius 3 is 2.39 bits per heavy atom. The number of para-hydroxylation sites is 2. The van der Waals surface area contributed by atoms with E-state index in [1.165, 1.54) is 0 Å². The van der Waals surface area contributed by atoms with Gasteiger partial charge in [-0.05, 0) is 31.4 Å². The molecular weight excluding hydrogens is 394 g/mol. The average molecular weight is 419 g/mol. The Morgan fingerprint density at radius 2 is 1.81 bits per heavy atom. The molecule has 0 bridgehead atoms. The lowest BCUT2D eigenvalue weighted by molar-refractivity contribution is 0.268. The minimum absolute atomic E-state index is 0.0742. The summed E-state index contributed by atoms with van der Waals surface area (Å²) in [5, 5.41) is 3.25. The Hall–Kier alpha value is -3.68. The van der Waals surface area contributed by atoms with E-state index < -0.39 is 0 Å². The van der Waals surface area contributed by atoms with Gasteiger partial charge in [0, 0.05) is 25.2 Å². The number of ether oxygens (including phenoxy) is 2. The molecule has 5 rings (SSSR count). The van der Waals surface area contributed by atoms with E-state index in [2.05, 4.69) is 10.3 Å². The zero-order chi connectivity index (χ0) is 21.5. The molecule has 160 valence electrons. The topological polar surface area (TPSA) is 86.1 Å². The molecule has 1 saturated carbocycles. The van der Waals surface area contributed by atoms with Gasteiger partial charge < -0.3 is 19.8 Å². The molecule has 2 aromatic carbocycles. The van der Waals surface area contributed by atoms with Gasteiger partial charge in [-0.2, -0.15) is 0 Å². The number of benzene rings is 2. The SMILES string of the molecule is CNc1c(-c2nc3ccccc3[nH]2)c(=O)n(C2CCC2)n1-c1cc(OC)cc(OC)c1. The molecule has 4 aromatic rings. The Bertz CT molecular complexity index is 1260. The second-order valence-corrected chi connectivity index (χ2v) is 7.69. The molecule has 2 aromatic heterocycles. The normalized spacial score (nSPS) is 13.9. The van der Waals surface area contributed by atoms with Crippen LogP contribution in [0.15, 0.2) is 47.3 Å². The van der Waals surface area contributed by atoms with Crippen LogP contribution in [0.5, 0.6) is 11.5 Å². The van der Waals surface area contributed by atoms with Crippen LogP contribution in [-0.4, -0.2) is 40.6 Å². The van der Waals surface area contributed by atoms with Crippen LogP contribution in [0.1, 0.15) is 25.3 Å². The number of aromatic nitrogens is 4. The second-order valence-electron chi connectivity index (χ2n) is 7.69. The van der Waals surface area contributed by atoms with Crippen LogP contribution in [0.3, 0.4) is 0 Å². The van der Waals surface area contributed by atoms with Gasteiger partial charge in [-0.3, -0.25) is 4.79 Å². The second kappa shape index (κ2) is 7.54. The van der Waals surface area contributed by atoms with Crippen molar-refractivity contribution < 1.29 is 9.47 Å². The maximum atomic E-state index is 13.7. The fourth-order valence-electron chi connectivity index (χ4n) is 4.16. The first kappa shape index (κ1) is 19.3. The fourth-order valence-corrected chi connectivity index (χ4v) is 4.16. The van der Waals surface area contributed by atoms with Crippen molar-refractivity contribution in [2.24, 2.45) is 0 Å². The highest BCUT2D eigenvalue weighted by Crippen LogP contribution is 2.37. The Kier molecular flexibility index (Phi) is 4.69. The van der Waals surface area contributed by atoms with Crippen LogP contribution in [0.2, 0.25) is 0 Å². The van der Waals surface area contributed by atoms with Crippen molar-refractivity contribution in [2.75, 3.05) is 26.6 Å². The number of rotatable bonds is 6. The number of fused-ring (bicyclic) bond motifs is 1. The number of hydrogen-bond acceptors (Lipinski definition) is 5. The largest absolute Gasteiger partial charge is 0.497 e. The monoisotopic (exact) mass is 419 g/mol. The van der Waals surface area contributed by atoms with Gasteiger partial charge in [0.25, 0.3) is 5.56 Å². The molecule has 0 atom stereocenters. The van der Waals surface area contributed by atoms with E-state index in [1.807, 2.05) is 58.9 Å². The molecule has 0 spiro atoms. The van der Waals surface area contributed by atoms with Crippen LogP contribution in [0, 0.1) is 0 Å². The molecule has 1 aliphatic carbocycles. The number of anilines is 1. The van der Waals surface area contributed by atoms with E-state index in [-0.39, 0.29) is 11.6 Å². The maximum absolute atomic E-state index is 13.7. The third-order valence-electron chi connectivity index (χ3n) is 5.95. The lowest BCUT2D eigenvalue weighted by atomic mass is 9.93. The zero-order valence-corrected chi connectivity index (χ0v) is 17.8. The molecule has 31 heavy (non-hydrogen) atoms. The summed E-state index contributed by atoms with van der Waals surface area (Å²) in [6, 6.07) is 13.5. The molecule has 0 amide bonds. The number of H-pyrrole nitrogens is 1. The smallest absolute Gasteiger partial charge is 0.280 e. The Labute approximate surface area is 179 Å². The van der Waals surface area contributed by atoms with Gasteiger partial charge in [-0.1, -0.05) is 12.1 Å². The van der Waals surface area contributed by atoms with E-state index in [4.69, 9.17) is 14.5 Å². The van der Waals surface area contributed by atoms with Gasteiger partial charge in [0.15, 0.2) is 0 Å². The zero-order valence-electron chi connectivity index (χ0n) is 17.8. The average Bonchev–Trinajstić information content (AvgIpc) is 3.30. The highest BCUT2D eigenvalue weighted by atomic mass is 16.5. The molecule has 2 heterocycles. The molecule has 0 aliphatic heterocycles. The summed E-state index contributed by atoms with van der Waals surface area (Å²) < 4.78 is 14.7. The number of nitrogens with one attached hydrogen (secondary N) is 2. The van der Waals surface area contributed by atoms with Crippen molar-refractivity contribution in [1.82, 2.24) is 19.3 Å². The molecule has 0 radical (unpaired) electrons. The standard InChI is InChI=1S/C23H25N5O3/c1-24-22-20(21-25-18-9-4-5-10-19(18)26-21)23(29)28(14-7-6-8-14)27(22)15-11-16(30-2)13-17(12-15)31-3/h4-5,9-14,24H,6-8H2,1-3H3,(H,25,26). The molecule has 0 unspecified atom stereocenters. The first-order valence-electron chi connectivity index (χ1n) is 10.4. The molecule has 1 fully saturated rings. The summed E-state index contributed by atoms with van der Waals surface area (Å²) in [6.07, 6.45) is 3.04. The van der Waals surface area contributed by atoms with E-state index in [0.717, 1.165) is 36.0 Å². The number of aromatic amines is 1. The van der Waals surface area contributed by atoms with Gasteiger partial charge >= 0.3 is 0 Å². The molecule has 0 saturated heterocycles. The van der Waals surface area contributed by atoms with Crippen LogP contribution in [0.4, 0.5) is 5.82 Å². The maximum Gasteiger partial charge on any atom is 0.280 e. The van der Waals surface area contributed by atoms with Gasteiger partial charge in [-0.15, -0.1) is 0 Å². The number of hydrogen-bond donors (Lipinski definition) is 2. The van der Waals surface area contributed by atoms with Crippen molar-refractivity contribution in [2.45, 2.75) is 25.3 Å². The predicted molar refractivity (Wildman–Crippen MR) is 121 cm³/mol. The van der Waals surface area contributed by atoms with E-state index in [0.29, 0.717) is 28.7 Å². The third kappa shape index (κ3) is 3.06. The van der Waals surface area contributed by atoms with E-state index in [1.54, 1.807) is 14.2 Å². The Morgan fingerprint density at radius 1 is 1.10 bits per heavy atom. The molecule has 1 aliphatic rings. The fraction of sp³-hybridized carbons (Fsp3) is 0.304. The summed E-state index contributed by atoms with van der Waals surface area (Å²) >= 11 is 0. The van der Waals surface area contributed by atoms with Gasteiger partial charge in [0.05, 0.1) is 37.0 Å². The van der Waals surface area contributed by atoms with E-state index in [9.17, 15) is 4.79 Å². The number of methoxy groups -OCH3 is 2. The van der Waals surface area contributed by atoms with Gasteiger partial charge in [-0.25, -0.2) is 14.3 Å².